The van der Waals surface area contributed by atoms with E-state index in [0.29, 0.717) is 12.6 Å². The van der Waals surface area contributed by atoms with Crippen LogP contribution in [0.4, 0.5) is 4.79 Å². The number of hydrogen-bond donors (Lipinski definition) is 2. The highest BCUT2D eigenvalue weighted by Crippen LogP contribution is 2.24. The lowest BCUT2D eigenvalue weighted by molar-refractivity contribution is -0.119. The fourth-order valence-electron chi connectivity index (χ4n) is 3.82. The van der Waals surface area contributed by atoms with Crippen LogP contribution in [0.5, 0.6) is 0 Å². The fourth-order valence-corrected chi connectivity index (χ4v) is 3.82. The first-order valence-electron chi connectivity index (χ1n) is 9.42. The van der Waals surface area contributed by atoms with Crippen LogP contribution in [-0.4, -0.2) is 71.7 Å². The Bertz CT molecular complexity index is 469. The Morgan fingerprint density at radius 2 is 1.84 bits per heavy atom. The molecule has 0 aromatic rings. The van der Waals surface area contributed by atoms with Crippen molar-refractivity contribution in [1.29, 1.82) is 0 Å². The predicted molar refractivity (Wildman–Crippen MR) is 97.2 cm³/mol. The summed E-state index contributed by atoms with van der Waals surface area (Å²) in [5, 5.41) is 3.69. The van der Waals surface area contributed by atoms with Crippen LogP contribution < -0.4 is 11.1 Å². The number of ether oxygens (including phenoxy) is 1. The number of piperidine rings is 1. The summed E-state index contributed by atoms with van der Waals surface area (Å²) >= 11 is 0. The van der Waals surface area contributed by atoms with Gasteiger partial charge in [0.1, 0.15) is 5.60 Å². The molecule has 2 rings (SSSR count). The molecule has 144 valence electrons. The maximum atomic E-state index is 12.4. The van der Waals surface area contributed by atoms with Crippen molar-refractivity contribution in [2.24, 2.45) is 5.73 Å². The SMILES string of the molecule is C[C@H](NC1CCN(CC(N)=O)CC1)[C@@H]1CCCN1C(=O)OC(C)(C)C. The molecule has 2 aliphatic rings. The van der Waals surface area contributed by atoms with Gasteiger partial charge in [-0.2, -0.15) is 0 Å². The first kappa shape index (κ1) is 20.0. The lowest BCUT2D eigenvalue weighted by Gasteiger charge is -2.37. The Morgan fingerprint density at radius 1 is 1.20 bits per heavy atom. The van der Waals surface area contributed by atoms with Crippen LogP contribution in [0.3, 0.4) is 0 Å². The molecule has 0 aliphatic carbocycles. The first-order valence-corrected chi connectivity index (χ1v) is 9.42. The minimum Gasteiger partial charge on any atom is -0.444 e. The molecule has 3 N–H and O–H groups in total. The number of hydrogen-bond acceptors (Lipinski definition) is 5. The van der Waals surface area contributed by atoms with Crippen LogP contribution >= 0.6 is 0 Å². The van der Waals surface area contributed by atoms with Gasteiger partial charge < -0.3 is 20.7 Å². The second kappa shape index (κ2) is 8.36. The number of nitrogens with zero attached hydrogens (tertiary/aromatic N) is 2. The van der Waals surface area contributed by atoms with E-state index in [1.165, 1.54) is 0 Å². The average Bonchev–Trinajstić information content (AvgIpc) is 2.96. The Morgan fingerprint density at radius 3 is 2.40 bits per heavy atom. The van der Waals surface area contributed by atoms with E-state index in [2.05, 4.69) is 17.1 Å². The van der Waals surface area contributed by atoms with Crippen LogP contribution in [0.15, 0.2) is 0 Å². The van der Waals surface area contributed by atoms with Gasteiger partial charge in [-0.3, -0.25) is 9.69 Å². The maximum Gasteiger partial charge on any atom is 0.410 e. The zero-order chi connectivity index (χ0) is 18.6. The molecule has 0 aromatic heterocycles. The Kier molecular flexibility index (Phi) is 6.68. The molecule has 7 nitrogen and oxygen atoms in total. The van der Waals surface area contributed by atoms with Crippen LogP contribution in [-0.2, 0) is 9.53 Å². The minimum absolute atomic E-state index is 0.179. The highest BCUT2D eigenvalue weighted by Gasteiger charge is 2.36. The van der Waals surface area contributed by atoms with Gasteiger partial charge in [0.25, 0.3) is 0 Å². The third-order valence-corrected chi connectivity index (χ3v) is 4.97. The number of carbonyl (C=O) groups is 2. The van der Waals surface area contributed by atoms with Crippen molar-refractivity contribution in [2.45, 2.75) is 77.1 Å². The van der Waals surface area contributed by atoms with Gasteiger partial charge in [0.2, 0.25) is 5.91 Å². The monoisotopic (exact) mass is 354 g/mol. The third kappa shape index (κ3) is 6.15. The van der Waals surface area contributed by atoms with E-state index in [4.69, 9.17) is 10.5 Å². The standard InChI is InChI=1S/C18H34N4O3/c1-13(20-14-7-10-21(11-8-14)12-16(19)23)15-6-5-9-22(15)17(24)25-18(2,3)4/h13-15,20H,5-12H2,1-4H3,(H2,19,23)/t13-,15-/m0/s1. The molecule has 25 heavy (non-hydrogen) atoms. The Hall–Kier alpha value is -1.34. The molecule has 0 saturated carbocycles. The molecule has 0 aromatic carbocycles. The van der Waals surface area contributed by atoms with Crippen molar-refractivity contribution in [3.8, 4) is 0 Å². The van der Waals surface area contributed by atoms with Gasteiger partial charge in [-0.25, -0.2) is 4.79 Å². The molecular formula is C18H34N4O3. The summed E-state index contributed by atoms with van der Waals surface area (Å²) in [5.41, 5.74) is 4.80. The molecular weight excluding hydrogens is 320 g/mol. The largest absolute Gasteiger partial charge is 0.444 e. The molecule has 2 heterocycles. The molecule has 2 aliphatic heterocycles. The molecule has 0 unspecified atom stereocenters. The first-order chi connectivity index (χ1) is 11.7. The second-order valence-corrected chi connectivity index (χ2v) is 8.36. The highest BCUT2D eigenvalue weighted by atomic mass is 16.6. The van der Waals surface area contributed by atoms with E-state index in [-0.39, 0.29) is 24.1 Å². The third-order valence-electron chi connectivity index (χ3n) is 4.97. The van der Waals surface area contributed by atoms with E-state index in [1.807, 2.05) is 25.7 Å². The summed E-state index contributed by atoms with van der Waals surface area (Å²) in [4.78, 5) is 27.4. The number of rotatable bonds is 5. The smallest absolute Gasteiger partial charge is 0.410 e. The topological polar surface area (TPSA) is 87.9 Å². The van der Waals surface area contributed by atoms with Crippen molar-refractivity contribution in [1.82, 2.24) is 15.1 Å². The van der Waals surface area contributed by atoms with Gasteiger partial charge in [-0.1, -0.05) is 0 Å². The van der Waals surface area contributed by atoms with E-state index in [9.17, 15) is 9.59 Å². The van der Waals surface area contributed by atoms with Gasteiger partial charge in [0.05, 0.1) is 12.6 Å². The molecule has 7 heteroatoms. The summed E-state index contributed by atoms with van der Waals surface area (Å²) in [5.74, 6) is -0.265. The summed E-state index contributed by atoms with van der Waals surface area (Å²) in [6.45, 7) is 10.7. The Balaban J connectivity index is 1.82. The van der Waals surface area contributed by atoms with Gasteiger partial charge in [-0.15, -0.1) is 0 Å². The molecule has 2 atom stereocenters. The van der Waals surface area contributed by atoms with E-state index in [0.717, 1.165) is 45.3 Å². The zero-order valence-electron chi connectivity index (χ0n) is 16.1. The molecule has 2 fully saturated rings. The molecule has 2 saturated heterocycles. The minimum atomic E-state index is -0.464. The number of amides is 2. The molecule has 2 amide bonds. The lowest BCUT2D eigenvalue weighted by atomic mass is 10.0. The maximum absolute atomic E-state index is 12.4. The summed E-state index contributed by atoms with van der Waals surface area (Å²) in [6.07, 6.45) is 3.81. The van der Waals surface area contributed by atoms with Crippen LogP contribution in [0, 0.1) is 0 Å². The number of likely N-dealkylation sites (tertiary alicyclic amines) is 2. The second-order valence-electron chi connectivity index (χ2n) is 8.36. The van der Waals surface area contributed by atoms with Crippen molar-refractivity contribution in [2.75, 3.05) is 26.2 Å². The van der Waals surface area contributed by atoms with Crippen LogP contribution in [0.25, 0.3) is 0 Å². The van der Waals surface area contributed by atoms with Crippen molar-refractivity contribution >= 4 is 12.0 Å². The van der Waals surface area contributed by atoms with E-state index >= 15 is 0 Å². The van der Waals surface area contributed by atoms with Crippen molar-refractivity contribution in [3.05, 3.63) is 0 Å². The van der Waals surface area contributed by atoms with Gasteiger partial charge in [0, 0.05) is 31.7 Å². The number of nitrogens with one attached hydrogen (secondary N) is 1. The van der Waals surface area contributed by atoms with E-state index < -0.39 is 5.60 Å². The van der Waals surface area contributed by atoms with Crippen LogP contribution in [0.2, 0.25) is 0 Å². The van der Waals surface area contributed by atoms with Crippen molar-refractivity contribution < 1.29 is 14.3 Å². The average molecular weight is 354 g/mol. The highest BCUT2D eigenvalue weighted by molar-refractivity contribution is 5.75. The summed E-state index contributed by atoms with van der Waals surface area (Å²) in [6, 6.07) is 0.821. The zero-order valence-corrected chi connectivity index (χ0v) is 16.1. The van der Waals surface area contributed by atoms with Gasteiger partial charge in [-0.05, 0) is 53.4 Å². The Labute approximate surface area is 151 Å². The number of nitrogens with two attached hydrogens (primary N) is 1. The normalized spacial score (nSPS) is 24.3. The summed E-state index contributed by atoms with van der Waals surface area (Å²) in [7, 11) is 0. The van der Waals surface area contributed by atoms with Gasteiger partial charge in [0.15, 0.2) is 0 Å². The number of carbonyl (C=O) groups excluding carboxylic acids is 2. The fraction of sp³-hybridized carbons (Fsp3) is 0.889. The lowest BCUT2D eigenvalue weighted by Crippen LogP contribution is -2.53. The number of primary amides is 1. The van der Waals surface area contributed by atoms with Crippen LogP contribution in [0.1, 0.15) is 53.4 Å². The molecule has 0 radical (unpaired) electrons. The van der Waals surface area contributed by atoms with Crippen molar-refractivity contribution in [3.63, 3.8) is 0 Å². The quantitative estimate of drug-likeness (QED) is 0.777. The van der Waals surface area contributed by atoms with E-state index in [1.54, 1.807) is 0 Å². The van der Waals surface area contributed by atoms with Gasteiger partial charge >= 0.3 is 6.09 Å². The predicted octanol–water partition coefficient (Wildman–Crippen LogP) is 1.31. The molecule has 0 bridgehead atoms. The molecule has 0 spiro atoms. The summed E-state index contributed by atoms with van der Waals surface area (Å²) < 4.78 is 5.55.